The van der Waals surface area contributed by atoms with E-state index in [0.717, 1.165) is 0 Å². The first kappa shape index (κ1) is 12.4. The molecule has 0 saturated heterocycles. The first-order chi connectivity index (χ1) is 7.69. The van der Waals surface area contributed by atoms with Gasteiger partial charge in [-0.25, -0.2) is 0 Å². The maximum absolute atomic E-state index is 11.7. The van der Waals surface area contributed by atoms with Gasteiger partial charge in [0.25, 0.3) is 0 Å². The summed E-state index contributed by atoms with van der Waals surface area (Å²) in [5.41, 5.74) is 0.520. The van der Waals surface area contributed by atoms with Crippen LogP contribution in [0.5, 0.6) is 0 Å². The zero-order valence-electron chi connectivity index (χ0n) is 10.9. The van der Waals surface area contributed by atoms with E-state index in [-0.39, 0.29) is 22.7 Å². The van der Waals surface area contributed by atoms with Gasteiger partial charge in [-0.1, -0.05) is 27.7 Å². The Morgan fingerprint density at radius 1 is 1.18 bits per heavy atom. The number of nitrogens with one attached hydrogen (secondary N) is 1. The van der Waals surface area contributed by atoms with Crippen LogP contribution >= 0.6 is 0 Å². The average molecular weight is 239 g/mol. The van der Waals surface area contributed by atoms with Crippen LogP contribution < -0.4 is 5.32 Å². The number of hydrogen-bond acceptors (Lipinski definition) is 2. The fourth-order valence-electron chi connectivity index (χ4n) is 2.93. The normalized spacial score (nSPS) is 32.9. The second-order valence-electron chi connectivity index (χ2n) is 6.53. The molecule has 0 bridgehead atoms. The second-order valence-corrected chi connectivity index (χ2v) is 6.53. The zero-order valence-corrected chi connectivity index (χ0v) is 10.9. The molecular formula is C13H21NO3. The minimum absolute atomic E-state index is 0.0871. The van der Waals surface area contributed by atoms with Crippen LogP contribution in [-0.4, -0.2) is 23.5 Å². The predicted molar refractivity (Wildman–Crippen MR) is 63.3 cm³/mol. The third-order valence-corrected chi connectivity index (χ3v) is 5.24. The molecule has 2 unspecified atom stereocenters. The molecule has 17 heavy (non-hydrogen) atoms. The molecule has 0 aliphatic heterocycles. The van der Waals surface area contributed by atoms with Crippen molar-refractivity contribution in [1.82, 2.24) is 5.32 Å². The highest BCUT2D eigenvalue weighted by atomic mass is 16.4. The number of carboxylic acids is 1. The first-order valence-electron chi connectivity index (χ1n) is 6.20. The van der Waals surface area contributed by atoms with Crippen molar-refractivity contribution < 1.29 is 14.7 Å². The molecule has 2 N–H and O–H groups in total. The van der Waals surface area contributed by atoms with Gasteiger partial charge in [-0.3, -0.25) is 9.59 Å². The molecule has 0 radical (unpaired) electrons. The number of aliphatic carboxylic acids is 1. The molecule has 1 amide bonds. The fourth-order valence-corrected chi connectivity index (χ4v) is 2.93. The van der Waals surface area contributed by atoms with Crippen LogP contribution in [0.15, 0.2) is 0 Å². The molecule has 2 saturated carbocycles. The van der Waals surface area contributed by atoms with Crippen molar-refractivity contribution >= 4 is 11.9 Å². The summed E-state index contributed by atoms with van der Waals surface area (Å²) in [5.74, 6) is -1.19. The maximum Gasteiger partial charge on any atom is 0.307 e. The van der Waals surface area contributed by atoms with Gasteiger partial charge < -0.3 is 10.4 Å². The third kappa shape index (κ3) is 1.83. The lowest BCUT2D eigenvalue weighted by atomic mass is 10.0. The quantitative estimate of drug-likeness (QED) is 0.781. The third-order valence-electron chi connectivity index (χ3n) is 5.24. The number of carbonyl (C=O) groups excluding carboxylic acids is 1. The standard InChI is InChI=1S/C13H21NO3/c1-12(2)9(13(12,3)4)6-14-10(15)7-5-8(7)11(16)17/h7-9H,5-6H2,1-4H3,(H,14,15)(H,16,17). The predicted octanol–water partition coefficient (Wildman–Crippen LogP) is 1.51. The van der Waals surface area contributed by atoms with Crippen LogP contribution in [0.4, 0.5) is 0 Å². The summed E-state index contributed by atoms with van der Waals surface area (Å²) in [5, 5.41) is 11.6. The van der Waals surface area contributed by atoms with Crippen molar-refractivity contribution in [2.24, 2.45) is 28.6 Å². The van der Waals surface area contributed by atoms with Crippen molar-refractivity contribution in [3.8, 4) is 0 Å². The van der Waals surface area contributed by atoms with E-state index in [2.05, 4.69) is 33.0 Å². The van der Waals surface area contributed by atoms with E-state index < -0.39 is 11.9 Å². The lowest BCUT2D eigenvalue weighted by Gasteiger charge is -2.05. The van der Waals surface area contributed by atoms with E-state index >= 15 is 0 Å². The highest BCUT2D eigenvalue weighted by Gasteiger charge is 2.64. The highest BCUT2D eigenvalue weighted by Crippen LogP contribution is 2.67. The van der Waals surface area contributed by atoms with E-state index in [4.69, 9.17) is 5.11 Å². The molecular weight excluding hydrogens is 218 g/mol. The number of carbonyl (C=O) groups is 2. The summed E-state index contributed by atoms with van der Waals surface area (Å²) in [6.07, 6.45) is 0.499. The number of hydrogen-bond donors (Lipinski definition) is 2. The van der Waals surface area contributed by atoms with Crippen LogP contribution in [0, 0.1) is 28.6 Å². The van der Waals surface area contributed by atoms with E-state index in [0.29, 0.717) is 18.9 Å². The minimum atomic E-state index is -0.850. The van der Waals surface area contributed by atoms with Crippen LogP contribution in [0.3, 0.4) is 0 Å². The molecule has 2 fully saturated rings. The van der Waals surface area contributed by atoms with Gasteiger partial charge in [0.2, 0.25) is 5.91 Å². The van der Waals surface area contributed by atoms with Gasteiger partial charge >= 0.3 is 5.97 Å². The summed E-state index contributed by atoms with van der Waals surface area (Å²) in [4.78, 5) is 22.4. The Balaban J connectivity index is 1.78. The molecule has 0 spiro atoms. The van der Waals surface area contributed by atoms with Crippen molar-refractivity contribution in [2.45, 2.75) is 34.1 Å². The first-order valence-corrected chi connectivity index (χ1v) is 6.20. The highest BCUT2D eigenvalue weighted by molar-refractivity contribution is 5.89. The molecule has 2 aliphatic carbocycles. The van der Waals surface area contributed by atoms with Gasteiger partial charge in [-0.05, 0) is 23.2 Å². The van der Waals surface area contributed by atoms with Crippen LogP contribution in [-0.2, 0) is 9.59 Å². The molecule has 2 aliphatic rings. The minimum Gasteiger partial charge on any atom is -0.481 e. The molecule has 0 aromatic rings. The van der Waals surface area contributed by atoms with Crippen LogP contribution in [0.1, 0.15) is 34.1 Å². The van der Waals surface area contributed by atoms with Crippen molar-refractivity contribution in [3.63, 3.8) is 0 Å². The zero-order chi connectivity index (χ0) is 13.0. The van der Waals surface area contributed by atoms with E-state index in [1.807, 2.05) is 0 Å². The SMILES string of the molecule is CC1(C)C(CNC(=O)C2CC2C(=O)O)C1(C)C. The lowest BCUT2D eigenvalue weighted by Crippen LogP contribution is -2.29. The average Bonchev–Trinajstić information content (AvgIpc) is 3.02. The Labute approximate surface area is 102 Å². The lowest BCUT2D eigenvalue weighted by molar-refractivity contribution is -0.140. The Bertz CT molecular complexity index is 359. The molecule has 2 atom stereocenters. The van der Waals surface area contributed by atoms with Gasteiger partial charge in [0, 0.05) is 6.54 Å². The molecule has 2 rings (SSSR count). The summed E-state index contributed by atoms with van der Waals surface area (Å²) >= 11 is 0. The van der Waals surface area contributed by atoms with E-state index in [9.17, 15) is 9.59 Å². The van der Waals surface area contributed by atoms with Crippen molar-refractivity contribution in [1.29, 1.82) is 0 Å². The van der Waals surface area contributed by atoms with E-state index in [1.165, 1.54) is 0 Å². The number of carboxylic acid groups (broad SMARTS) is 1. The number of rotatable bonds is 4. The maximum atomic E-state index is 11.7. The molecule has 4 nitrogen and oxygen atoms in total. The van der Waals surface area contributed by atoms with Crippen molar-refractivity contribution in [3.05, 3.63) is 0 Å². The summed E-state index contributed by atoms with van der Waals surface area (Å²) in [6.45, 7) is 9.51. The second kappa shape index (κ2) is 3.47. The molecule has 4 heteroatoms. The Hall–Kier alpha value is -1.06. The molecule has 0 heterocycles. The summed E-state index contributed by atoms with van der Waals surface area (Å²) in [7, 11) is 0. The van der Waals surface area contributed by atoms with Gasteiger partial charge in [0.1, 0.15) is 0 Å². The summed E-state index contributed by atoms with van der Waals surface area (Å²) in [6, 6.07) is 0. The Morgan fingerprint density at radius 2 is 1.71 bits per heavy atom. The van der Waals surface area contributed by atoms with Crippen LogP contribution in [0.25, 0.3) is 0 Å². The number of amides is 1. The Morgan fingerprint density at radius 3 is 2.06 bits per heavy atom. The van der Waals surface area contributed by atoms with Gasteiger partial charge in [-0.15, -0.1) is 0 Å². The van der Waals surface area contributed by atoms with Crippen LogP contribution in [0.2, 0.25) is 0 Å². The molecule has 96 valence electrons. The van der Waals surface area contributed by atoms with Gasteiger partial charge in [-0.2, -0.15) is 0 Å². The topological polar surface area (TPSA) is 66.4 Å². The monoisotopic (exact) mass is 239 g/mol. The van der Waals surface area contributed by atoms with Gasteiger partial charge in [0.15, 0.2) is 0 Å². The molecule has 0 aromatic carbocycles. The smallest absolute Gasteiger partial charge is 0.307 e. The largest absolute Gasteiger partial charge is 0.481 e. The summed E-state index contributed by atoms with van der Waals surface area (Å²) < 4.78 is 0. The van der Waals surface area contributed by atoms with Gasteiger partial charge in [0.05, 0.1) is 11.8 Å². The fraction of sp³-hybridized carbons (Fsp3) is 0.846. The van der Waals surface area contributed by atoms with E-state index in [1.54, 1.807) is 0 Å². The van der Waals surface area contributed by atoms with Crippen molar-refractivity contribution in [2.75, 3.05) is 6.54 Å². The molecule has 0 aromatic heterocycles. The Kier molecular flexibility index (Phi) is 2.53.